The molecule has 0 radical (unpaired) electrons. The number of hydrogen-bond acceptors (Lipinski definition) is 4. The number of phenols is 1. The van der Waals surface area contributed by atoms with Gasteiger partial charge >= 0.3 is 11.8 Å². The lowest BCUT2D eigenvalue weighted by molar-refractivity contribution is -0.136. The van der Waals surface area contributed by atoms with Crippen molar-refractivity contribution in [3.05, 3.63) is 23.8 Å². The van der Waals surface area contributed by atoms with Gasteiger partial charge in [-0.2, -0.15) is 0 Å². The number of phenolic OH excluding ortho intramolecular Hbond substituents is 1. The second-order valence-corrected chi connectivity index (χ2v) is 5.00. The fraction of sp³-hybridized carbons (Fsp3) is 0.467. The van der Waals surface area contributed by atoms with Crippen molar-refractivity contribution in [1.82, 2.24) is 5.32 Å². The minimum Gasteiger partial charge on any atom is -0.506 e. The summed E-state index contributed by atoms with van der Waals surface area (Å²) in [6, 6.07) is 4.77. The molecule has 6 heteroatoms. The Kier molecular flexibility index (Phi) is 6.68. The average molecular weight is 294 g/mol. The molecule has 0 heterocycles. The van der Waals surface area contributed by atoms with E-state index in [1.54, 1.807) is 12.1 Å². The van der Waals surface area contributed by atoms with Crippen molar-refractivity contribution in [3.8, 4) is 5.75 Å². The molecule has 0 bridgehead atoms. The summed E-state index contributed by atoms with van der Waals surface area (Å²) in [7, 11) is 0. The Balaban J connectivity index is 2.37. The van der Waals surface area contributed by atoms with E-state index in [0.717, 1.165) is 5.56 Å². The van der Waals surface area contributed by atoms with Gasteiger partial charge < -0.3 is 20.5 Å². The van der Waals surface area contributed by atoms with E-state index in [9.17, 15) is 14.7 Å². The van der Waals surface area contributed by atoms with Gasteiger partial charge in [0.05, 0.1) is 11.8 Å². The van der Waals surface area contributed by atoms with Crippen molar-refractivity contribution >= 4 is 17.5 Å². The predicted molar refractivity (Wildman–Crippen MR) is 80.2 cm³/mol. The summed E-state index contributed by atoms with van der Waals surface area (Å²) in [5.74, 6) is -1.62. The molecule has 116 valence electrons. The van der Waals surface area contributed by atoms with Gasteiger partial charge in [0.1, 0.15) is 5.75 Å². The quantitative estimate of drug-likeness (QED) is 0.422. The first-order valence-corrected chi connectivity index (χ1v) is 6.90. The third-order valence-corrected chi connectivity index (χ3v) is 2.66. The van der Waals surface area contributed by atoms with E-state index in [4.69, 9.17) is 4.74 Å². The van der Waals surface area contributed by atoms with Gasteiger partial charge in [-0.25, -0.2) is 0 Å². The van der Waals surface area contributed by atoms with Gasteiger partial charge in [0.15, 0.2) is 0 Å². The number of benzene rings is 1. The topological polar surface area (TPSA) is 87.7 Å². The van der Waals surface area contributed by atoms with Crippen LogP contribution in [0, 0.1) is 6.92 Å². The molecule has 0 aromatic heterocycles. The Hall–Kier alpha value is -2.08. The Bertz CT molecular complexity index is 500. The van der Waals surface area contributed by atoms with Crippen LogP contribution in [0.4, 0.5) is 5.69 Å². The molecule has 0 atom stereocenters. The van der Waals surface area contributed by atoms with Crippen LogP contribution in [-0.4, -0.2) is 36.2 Å². The Morgan fingerprint density at radius 3 is 2.67 bits per heavy atom. The van der Waals surface area contributed by atoms with Crippen molar-refractivity contribution in [3.63, 3.8) is 0 Å². The minimum absolute atomic E-state index is 0.0768. The molecule has 0 aliphatic carbocycles. The first-order chi connectivity index (χ1) is 9.90. The number of rotatable bonds is 6. The largest absolute Gasteiger partial charge is 0.506 e. The number of aryl methyl sites for hydroxylation is 1. The summed E-state index contributed by atoms with van der Waals surface area (Å²) >= 11 is 0. The summed E-state index contributed by atoms with van der Waals surface area (Å²) in [6.07, 6.45) is 0.778. The number of nitrogens with one attached hydrogen (secondary N) is 2. The molecular weight excluding hydrogens is 272 g/mol. The second kappa shape index (κ2) is 8.26. The lowest BCUT2D eigenvalue weighted by Gasteiger charge is -2.09. The predicted octanol–water partition coefficient (Wildman–Crippen LogP) is 1.57. The Labute approximate surface area is 124 Å². The standard InChI is InChI=1S/C15H22N2O4/c1-10(2)21-8-4-7-16-14(19)15(20)17-12-9-11(3)5-6-13(12)18/h5-6,9-10,18H,4,7-8H2,1-3H3,(H,16,19)(H,17,20). The maximum Gasteiger partial charge on any atom is 0.313 e. The highest BCUT2D eigenvalue weighted by Crippen LogP contribution is 2.23. The monoisotopic (exact) mass is 294 g/mol. The molecule has 0 aliphatic rings. The van der Waals surface area contributed by atoms with Crippen LogP contribution in [0.1, 0.15) is 25.8 Å². The number of carbonyl (C=O) groups is 2. The molecule has 1 rings (SSSR count). The molecule has 0 saturated carbocycles. The number of anilines is 1. The summed E-state index contributed by atoms with van der Waals surface area (Å²) in [4.78, 5) is 23.3. The third kappa shape index (κ3) is 6.27. The summed E-state index contributed by atoms with van der Waals surface area (Å²) < 4.78 is 5.32. The molecule has 0 spiro atoms. The van der Waals surface area contributed by atoms with Gasteiger partial charge in [-0.1, -0.05) is 6.07 Å². The number of carbonyl (C=O) groups excluding carboxylic acids is 2. The van der Waals surface area contributed by atoms with Gasteiger partial charge in [0.2, 0.25) is 0 Å². The van der Waals surface area contributed by atoms with E-state index in [1.807, 2.05) is 20.8 Å². The van der Waals surface area contributed by atoms with Crippen molar-refractivity contribution in [2.75, 3.05) is 18.5 Å². The van der Waals surface area contributed by atoms with E-state index < -0.39 is 11.8 Å². The zero-order valence-electron chi connectivity index (χ0n) is 12.6. The van der Waals surface area contributed by atoms with Gasteiger partial charge in [-0.15, -0.1) is 0 Å². The summed E-state index contributed by atoms with van der Waals surface area (Å²) in [5, 5.41) is 14.5. The van der Waals surface area contributed by atoms with Crippen LogP contribution in [-0.2, 0) is 14.3 Å². The van der Waals surface area contributed by atoms with E-state index in [2.05, 4.69) is 10.6 Å². The minimum atomic E-state index is -0.805. The van der Waals surface area contributed by atoms with Crippen molar-refractivity contribution < 1.29 is 19.4 Å². The number of amides is 2. The summed E-state index contributed by atoms with van der Waals surface area (Å²) in [6.45, 7) is 6.57. The molecule has 3 N–H and O–H groups in total. The number of hydrogen-bond donors (Lipinski definition) is 3. The fourth-order valence-corrected chi connectivity index (χ4v) is 1.60. The molecule has 6 nitrogen and oxygen atoms in total. The van der Waals surface area contributed by atoms with Crippen molar-refractivity contribution in [2.24, 2.45) is 0 Å². The van der Waals surface area contributed by atoms with Crippen molar-refractivity contribution in [2.45, 2.75) is 33.3 Å². The number of ether oxygens (including phenoxy) is 1. The smallest absolute Gasteiger partial charge is 0.313 e. The van der Waals surface area contributed by atoms with E-state index >= 15 is 0 Å². The third-order valence-electron chi connectivity index (χ3n) is 2.66. The molecule has 0 fully saturated rings. The van der Waals surface area contributed by atoms with Gasteiger partial charge in [0, 0.05) is 13.2 Å². The van der Waals surface area contributed by atoms with E-state index in [-0.39, 0.29) is 17.5 Å². The molecule has 21 heavy (non-hydrogen) atoms. The molecule has 1 aromatic carbocycles. The first kappa shape index (κ1) is 17.0. The maximum absolute atomic E-state index is 11.7. The number of aromatic hydroxyl groups is 1. The van der Waals surface area contributed by atoms with Gasteiger partial charge in [0.25, 0.3) is 0 Å². The second-order valence-electron chi connectivity index (χ2n) is 5.00. The molecule has 0 saturated heterocycles. The van der Waals surface area contributed by atoms with Crippen LogP contribution in [0.15, 0.2) is 18.2 Å². The van der Waals surface area contributed by atoms with Gasteiger partial charge in [-0.3, -0.25) is 9.59 Å². The lowest BCUT2D eigenvalue weighted by atomic mass is 10.2. The lowest BCUT2D eigenvalue weighted by Crippen LogP contribution is -2.36. The van der Waals surface area contributed by atoms with Crippen LogP contribution >= 0.6 is 0 Å². The highest BCUT2D eigenvalue weighted by molar-refractivity contribution is 6.39. The zero-order chi connectivity index (χ0) is 15.8. The van der Waals surface area contributed by atoms with Crippen LogP contribution in [0.5, 0.6) is 5.75 Å². The zero-order valence-corrected chi connectivity index (χ0v) is 12.6. The molecule has 0 unspecified atom stereocenters. The normalized spacial score (nSPS) is 10.5. The highest BCUT2D eigenvalue weighted by atomic mass is 16.5. The van der Waals surface area contributed by atoms with Crippen LogP contribution in [0.25, 0.3) is 0 Å². The van der Waals surface area contributed by atoms with E-state index in [1.165, 1.54) is 6.07 Å². The maximum atomic E-state index is 11.7. The van der Waals surface area contributed by atoms with Crippen molar-refractivity contribution in [1.29, 1.82) is 0 Å². The first-order valence-electron chi connectivity index (χ1n) is 6.90. The average Bonchev–Trinajstić information content (AvgIpc) is 2.41. The Morgan fingerprint density at radius 2 is 2.00 bits per heavy atom. The van der Waals surface area contributed by atoms with Gasteiger partial charge in [-0.05, 0) is 44.9 Å². The summed E-state index contributed by atoms with van der Waals surface area (Å²) in [5.41, 5.74) is 1.09. The fourth-order valence-electron chi connectivity index (χ4n) is 1.60. The Morgan fingerprint density at radius 1 is 1.29 bits per heavy atom. The molecule has 0 aliphatic heterocycles. The highest BCUT2D eigenvalue weighted by Gasteiger charge is 2.14. The molecule has 2 amide bonds. The molecular formula is C15H22N2O4. The van der Waals surface area contributed by atoms with Crippen LogP contribution in [0.3, 0.4) is 0 Å². The van der Waals surface area contributed by atoms with E-state index in [0.29, 0.717) is 19.6 Å². The van der Waals surface area contributed by atoms with Crippen LogP contribution in [0.2, 0.25) is 0 Å². The molecule has 1 aromatic rings. The SMILES string of the molecule is Cc1ccc(O)c(NC(=O)C(=O)NCCCOC(C)C)c1. The van der Waals surface area contributed by atoms with Crippen LogP contribution < -0.4 is 10.6 Å².